The van der Waals surface area contributed by atoms with Gasteiger partial charge in [0.2, 0.25) is 0 Å². The molecule has 0 saturated carbocycles. The van der Waals surface area contributed by atoms with Crippen molar-refractivity contribution >= 4 is 11.4 Å². The Balaban J connectivity index is 1.51. The van der Waals surface area contributed by atoms with E-state index in [0.29, 0.717) is 0 Å². The Morgan fingerprint density at radius 1 is 1.10 bits per heavy atom. The monoisotopic (exact) mass is 285 g/mol. The van der Waals surface area contributed by atoms with E-state index in [0.717, 1.165) is 50.6 Å². The lowest BCUT2D eigenvalue weighted by atomic mass is 10.1. The summed E-state index contributed by atoms with van der Waals surface area (Å²) >= 11 is 0. The molecule has 21 heavy (non-hydrogen) atoms. The summed E-state index contributed by atoms with van der Waals surface area (Å²) in [4.78, 5) is 2.44. The Bertz CT molecular complexity index is 558. The summed E-state index contributed by atoms with van der Waals surface area (Å²) in [6, 6.07) is 8.23. The average Bonchev–Trinajstić information content (AvgIpc) is 3.06. The van der Waals surface area contributed by atoms with E-state index in [4.69, 9.17) is 4.74 Å². The number of ether oxygens (including phenoxy) is 1. The summed E-state index contributed by atoms with van der Waals surface area (Å²) in [5.41, 5.74) is 2.90. The molecule has 6 nitrogen and oxygen atoms in total. The quantitative estimate of drug-likeness (QED) is 0.859. The molecule has 6 heteroatoms. The van der Waals surface area contributed by atoms with Crippen molar-refractivity contribution in [2.75, 3.05) is 32.8 Å². The molecule has 0 bridgehead atoms. The second-order valence-corrected chi connectivity index (χ2v) is 5.03. The summed E-state index contributed by atoms with van der Waals surface area (Å²) in [6.07, 6.45) is 4.40. The van der Waals surface area contributed by atoms with Gasteiger partial charge in [0.05, 0.1) is 25.1 Å². The fourth-order valence-corrected chi connectivity index (χ4v) is 2.26. The van der Waals surface area contributed by atoms with Crippen LogP contribution in [0.3, 0.4) is 0 Å². The maximum atomic E-state index is 5.35. The van der Waals surface area contributed by atoms with Gasteiger partial charge in [-0.05, 0) is 24.1 Å². The van der Waals surface area contributed by atoms with Gasteiger partial charge in [0.15, 0.2) is 0 Å². The Kier molecular flexibility index (Phi) is 4.70. The molecule has 1 aromatic carbocycles. The molecular weight excluding hydrogens is 266 g/mol. The zero-order valence-electron chi connectivity index (χ0n) is 11.9. The first-order chi connectivity index (χ1) is 10.4. The Hall–Kier alpha value is -2.05. The lowest BCUT2D eigenvalue weighted by molar-refractivity contribution is 0.0384. The van der Waals surface area contributed by atoms with Gasteiger partial charge in [0.1, 0.15) is 5.69 Å². The van der Waals surface area contributed by atoms with Crippen LogP contribution in [0.1, 0.15) is 5.56 Å². The Labute approximate surface area is 123 Å². The van der Waals surface area contributed by atoms with Crippen LogP contribution in [-0.4, -0.2) is 47.9 Å². The molecule has 1 aliphatic rings. The Morgan fingerprint density at radius 3 is 2.57 bits per heavy atom. The topological polar surface area (TPSA) is 65.9 Å². The fraction of sp³-hybridized carbons (Fsp3) is 0.400. The molecule has 1 aliphatic heterocycles. The predicted octanol–water partition coefficient (Wildman–Crippen LogP) is 2.70. The molecular formula is C15H19N5O. The largest absolute Gasteiger partial charge is 0.379 e. The van der Waals surface area contributed by atoms with Crippen molar-refractivity contribution in [2.45, 2.75) is 6.42 Å². The van der Waals surface area contributed by atoms with Gasteiger partial charge < -0.3 is 4.74 Å². The molecule has 0 amide bonds. The van der Waals surface area contributed by atoms with Crippen LogP contribution in [0, 0.1) is 0 Å². The van der Waals surface area contributed by atoms with E-state index in [9.17, 15) is 0 Å². The van der Waals surface area contributed by atoms with E-state index in [1.165, 1.54) is 5.56 Å². The minimum Gasteiger partial charge on any atom is -0.379 e. The van der Waals surface area contributed by atoms with Gasteiger partial charge in [-0.15, -0.1) is 5.11 Å². The van der Waals surface area contributed by atoms with Gasteiger partial charge >= 0.3 is 0 Å². The third-order valence-electron chi connectivity index (χ3n) is 3.52. The van der Waals surface area contributed by atoms with Crippen molar-refractivity contribution in [3.05, 3.63) is 42.2 Å². The summed E-state index contributed by atoms with van der Waals surface area (Å²) in [6.45, 7) is 4.87. The SMILES string of the molecule is c1cc(N=Nc2cn[nH]c2)ccc1CCN1CCOCC1. The molecule has 2 heterocycles. The number of benzene rings is 1. The number of azo groups is 1. The number of nitrogens with one attached hydrogen (secondary N) is 1. The van der Waals surface area contributed by atoms with E-state index < -0.39 is 0 Å². The number of aromatic amines is 1. The second-order valence-electron chi connectivity index (χ2n) is 5.03. The molecule has 0 spiro atoms. The van der Waals surface area contributed by atoms with E-state index in [-0.39, 0.29) is 0 Å². The van der Waals surface area contributed by atoms with Crippen molar-refractivity contribution in [3.8, 4) is 0 Å². The number of morpholine rings is 1. The fourth-order valence-electron chi connectivity index (χ4n) is 2.26. The standard InChI is InChI=1S/C15H19N5O/c1-3-14(18-19-15-11-16-17-12-15)4-2-13(1)5-6-20-7-9-21-10-8-20/h1-4,11-12H,5-10H2,(H,16,17). The minimum absolute atomic E-state index is 0.728. The van der Waals surface area contributed by atoms with Gasteiger partial charge in [0.25, 0.3) is 0 Å². The first-order valence-corrected chi connectivity index (χ1v) is 7.20. The zero-order valence-corrected chi connectivity index (χ0v) is 11.9. The Morgan fingerprint density at radius 2 is 1.86 bits per heavy atom. The predicted molar refractivity (Wildman–Crippen MR) is 80.2 cm³/mol. The molecule has 0 atom stereocenters. The third kappa shape index (κ3) is 4.21. The number of H-pyrrole nitrogens is 1. The van der Waals surface area contributed by atoms with Crippen LogP contribution in [-0.2, 0) is 11.2 Å². The van der Waals surface area contributed by atoms with Crippen LogP contribution in [0.15, 0.2) is 46.9 Å². The molecule has 1 N–H and O–H groups in total. The molecule has 3 rings (SSSR count). The third-order valence-corrected chi connectivity index (χ3v) is 3.52. The van der Waals surface area contributed by atoms with Crippen molar-refractivity contribution < 1.29 is 4.74 Å². The average molecular weight is 285 g/mol. The van der Waals surface area contributed by atoms with E-state index in [2.05, 4.69) is 37.5 Å². The van der Waals surface area contributed by atoms with Crippen molar-refractivity contribution in [3.63, 3.8) is 0 Å². The van der Waals surface area contributed by atoms with Crippen LogP contribution in [0.5, 0.6) is 0 Å². The molecule has 0 radical (unpaired) electrons. The lowest BCUT2D eigenvalue weighted by Gasteiger charge is -2.26. The first kappa shape index (κ1) is 13.9. The van der Waals surface area contributed by atoms with Gasteiger partial charge in [0, 0.05) is 25.8 Å². The minimum atomic E-state index is 0.728. The van der Waals surface area contributed by atoms with E-state index in [1.807, 2.05) is 12.1 Å². The maximum Gasteiger partial charge on any atom is 0.123 e. The van der Waals surface area contributed by atoms with Gasteiger partial charge in [-0.2, -0.15) is 10.2 Å². The van der Waals surface area contributed by atoms with Crippen LogP contribution >= 0.6 is 0 Å². The first-order valence-electron chi connectivity index (χ1n) is 7.20. The van der Waals surface area contributed by atoms with Gasteiger partial charge in [-0.25, -0.2) is 0 Å². The van der Waals surface area contributed by atoms with Crippen LogP contribution in [0.25, 0.3) is 0 Å². The van der Waals surface area contributed by atoms with Crippen molar-refractivity contribution in [1.82, 2.24) is 15.1 Å². The second kappa shape index (κ2) is 7.10. The molecule has 1 aromatic heterocycles. The molecule has 0 unspecified atom stereocenters. The highest BCUT2D eigenvalue weighted by Crippen LogP contribution is 2.17. The highest BCUT2D eigenvalue weighted by atomic mass is 16.5. The van der Waals surface area contributed by atoms with E-state index in [1.54, 1.807) is 12.4 Å². The smallest absolute Gasteiger partial charge is 0.123 e. The van der Waals surface area contributed by atoms with Crippen molar-refractivity contribution in [2.24, 2.45) is 10.2 Å². The normalized spacial score (nSPS) is 16.6. The zero-order chi connectivity index (χ0) is 14.3. The summed E-state index contributed by atoms with van der Waals surface area (Å²) in [7, 11) is 0. The lowest BCUT2D eigenvalue weighted by Crippen LogP contribution is -2.37. The highest BCUT2D eigenvalue weighted by molar-refractivity contribution is 5.39. The number of hydrogen-bond acceptors (Lipinski definition) is 5. The summed E-state index contributed by atoms with van der Waals surface area (Å²) in [5.74, 6) is 0. The van der Waals surface area contributed by atoms with Gasteiger partial charge in [-0.3, -0.25) is 10.00 Å². The van der Waals surface area contributed by atoms with Crippen molar-refractivity contribution in [1.29, 1.82) is 0 Å². The van der Waals surface area contributed by atoms with Crippen LogP contribution in [0.4, 0.5) is 11.4 Å². The summed E-state index contributed by atoms with van der Waals surface area (Å²) in [5, 5.41) is 14.8. The maximum absolute atomic E-state index is 5.35. The molecule has 1 saturated heterocycles. The molecule has 0 aliphatic carbocycles. The number of aromatic nitrogens is 2. The molecule has 2 aromatic rings. The molecule has 1 fully saturated rings. The van der Waals surface area contributed by atoms with Crippen LogP contribution in [0.2, 0.25) is 0 Å². The number of rotatable bonds is 5. The summed E-state index contributed by atoms with van der Waals surface area (Å²) < 4.78 is 5.35. The van der Waals surface area contributed by atoms with Gasteiger partial charge in [-0.1, -0.05) is 12.1 Å². The molecule has 110 valence electrons. The number of nitrogens with zero attached hydrogens (tertiary/aromatic N) is 4. The van der Waals surface area contributed by atoms with E-state index >= 15 is 0 Å². The van der Waals surface area contributed by atoms with Crippen LogP contribution < -0.4 is 0 Å². The number of hydrogen-bond donors (Lipinski definition) is 1. The highest BCUT2D eigenvalue weighted by Gasteiger charge is 2.09.